The number of aromatic nitrogens is 2. The van der Waals surface area contributed by atoms with Crippen molar-refractivity contribution in [1.29, 1.82) is 0 Å². The molecule has 0 aliphatic rings. The first-order chi connectivity index (χ1) is 2.50. The quantitative estimate of drug-likeness (QED) is 0.337. The summed E-state index contributed by atoms with van der Waals surface area (Å²) in [7, 11) is 0. The Bertz CT molecular complexity index is 65.3. The van der Waals surface area contributed by atoms with Crippen molar-refractivity contribution >= 4 is 0 Å². The second-order valence-corrected chi connectivity index (χ2v) is 0.761. The summed E-state index contributed by atoms with van der Waals surface area (Å²) in [5.74, 6) is 0. The molecule has 1 N–H and O–H groups in total. The first-order valence-corrected chi connectivity index (χ1v) is 1.43. The average molecular weight is 75.0 g/mol. The van der Waals surface area contributed by atoms with E-state index in [1.54, 1.807) is 18.7 Å². The summed E-state index contributed by atoms with van der Waals surface area (Å²) in [5, 5.41) is 0. The van der Waals surface area contributed by atoms with E-state index in [9.17, 15) is 0 Å². The molecule has 3 heteroatoms. The van der Waals surface area contributed by atoms with Crippen molar-refractivity contribution in [3.63, 3.8) is 0 Å². The normalized spacial score (nSPS) is 6.67. The third-order valence-corrected chi connectivity index (χ3v) is 0.406. The SMILES string of the molecule is [Li+].c1c[nH]cn1. The van der Waals surface area contributed by atoms with E-state index in [-0.39, 0.29) is 18.9 Å². The molecule has 2 nitrogen and oxygen atoms in total. The predicted octanol–water partition coefficient (Wildman–Crippen LogP) is -2.59. The van der Waals surface area contributed by atoms with Crippen LogP contribution in [0.5, 0.6) is 0 Å². The summed E-state index contributed by atoms with van der Waals surface area (Å²) >= 11 is 0. The van der Waals surface area contributed by atoms with Crippen LogP contribution in [-0.4, -0.2) is 9.97 Å². The Balaban J connectivity index is 0.000000250. The van der Waals surface area contributed by atoms with E-state index in [2.05, 4.69) is 9.97 Å². The van der Waals surface area contributed by atoms with Gasteiger partial charge in [-0.2, -0.15) is 0 Å². The Kier molecular flexibility index (Phi) is 2.92. The van der Waals surface area contributed by atoms with Crippen molar-refractivity contribution in [1.82, 2.24) is 9.97 Å². The van der Waals surface area contributed by atoms with Crippen molar-refractivity contribution in [3.8, 4) is 0 Å². The van der Waals surface area contributed by atoms with Crippen molar-refractivity contribution in [3.05, 3.63) is 18.7 Å². The smallest absolute Gasteiger partial charge is 0.351 e. The minimum Gasteiger partial charge on any atom is -0.351 e. The molecule has 0 atom stereocenters. The molecular formula is C3H4LiN2+. The molecule has 1 rings (SSSR count). The summed E-state index contributed by atoms with van der Waals surface area (Å²) in [6.45, 7) is 0. The van der Waals surface area contributed by atoms with E-state index in [1.807, 2.05) is 0 Å². The Labute approximate surface area is 48.2 Å². The number of imidazole rings is 1. The van der Waals surface area contributed by atoms with Crippen LogP contribution in [0.25, 0.3) is 0 Å². The van der Waals surface area contributed by atoms with Crippen LogP contribution in [0.3, 0.4) is 0 Å². The van der Waals surface area contributed by atoms with Crippen LogP contribution in [0.15, 0.2) is 18.7 Å². The fourth-order valence-electron chi connectivity index (χ4n) is 0.215. The second kappa shape index (κ2) is 3.02. The molecule has 0 amide bonds. The molecular weight excluding hydrogens is 71.0 g/mol. The first kappa shape index (κ1) is 5.81. The van der Waals surface area contributed by atoms with Gasteiger partial charge in [0.05, 0.1) is 6.33 Å². The Morgan fingerprint density at radius 3 is 2.50 bits per heavy atom. The zero-order valence-electron chi connectivity index (χ0n) is 3.68. The van der Waals surface area contributed by atoms with Gasteiger partial charge in [0.1, 0.15) is 0 Å². The van der Waals surface area contributed by atoms with E-state index >= 15 is 0 Å². The summed E-state index contributed by atoms with van der Waals surface area (Å²) in [6.07, 6.45) is 5.08. The summed E-state index contributed by atoms with van der Waals surface area (Å²) < 4.78 is 0. The van der Waals surface area contributed by atoms with E-state index in [4.69, 9.17) is 0 Å². The molecule has 0 fully saturated rings. The number of nitrogens with zero attached hydrogens (tertiary/aromatic N) is 1. The van der Waals surface area contributed by atoms with Crippen LogP contribution in [0, 0.1) is 0 Å². The molecule has 0 aliphatic heterocycles. The third kappa shape index (κ3) is 1.30. The maximum absolute atomic E-state index is 3.67. The van der Waals surface area contributed by atoms with Gasteiger partial charge in [-0.3, -0.25) is 0 Å². The van der Waals surface area contributed by atoms with Gasteiger partial charge in [-0.15, -0.1) is 0 Å². The Hall–Kier alpha value is -0.193. The molecule has 0 aliphatic carbocycles. The zero-order valence-corrected chi connectivity index (χ0v) is 3.68. The molecule has 26 valence electrons. The molecule has 0 spiro atoms. The van der Waals surface area contributed by atoms with Crippen LogP contribution < -0.4 is 18.9 Å². The maximum Gasteiger partial charge on any atom is 1.00 e. The van der Waals surface area contributed by atoms with E-state index in [0.29, 0.717) is 0 Å². The second-order valence-electron chi connectivity index (χ2n) is 0.761. The number of hydrogen-bond acceptors (Lipinski definition) is 1. The summed E-state index contributed by atoms with van der Waals surface area (Å²) in [4.78, 5) is 6.42. The molecule has 0 saturated heterocycles. The van der Waals surface area contributed by atoms with Gasteiger partial charge in [-0.25, -0.2) is 4.98 Å². The summed E-state index contributed by atoms with van der Waals surface area (Å²) in [5.41, 5.74) is 0. The third-order valence-electron chi connectivity index (χ3n) is 0.406. The minimum atomic E-state index is 0. The number of aromatic amines is 1. The fraction of sp³-hybridized carbons (Fsp3) is 0. The molecule has 0 unspecified atom stereocenters. The number of hydrogen-bond donors (Lipinski definition) is 1. The van der Waals surface area contributed by atoms with Gasteiger partial charge in [0.2, 0.25) is 0 Å². The molecule has 6 heavy (non-hydrogen) atoms. The first-order valence-electron chi connectivity index (χ1n) is 1.43. The Morgan fingerprint density at radius 2 is 2.33 bits per heavy atom. The van der Waals surface area contributed by atoms with Crippen LogP contribution in [0.1, 0.15) is 0 Å². The van der Waals surface area contributed by atoms with Gasteiger partial charge in [0, 0.05) is 12.4 Å². The van der Waals surface area contributed by atoms with Crippen molar-refractivity contribution in [2.45, 2.75) is 0 Å². The molecule has 0 aromatic carbocycles. The standard InChI is InChI=1S/C3H4N2.Li/c1-2-5-3-4-1;/h1-3H,(H,4,5);/q;+1. The van der Waals surface area contributed by atoms with Crippen LogP contribution in [0.4, 0.5) is 0 Å². The van der Waals surface area contributed by atoms with Gasteiger partial charge in [-0.1, -0.05) is 0 Å². The molecule has 0 saturated carbocycles. The van der Waals surface area contributed by atoms with Gasteiger partial charge in [-0.05, 0) is 0 Å². The fourth-order valence-corrected chi connectivity index (χ4v) is 0.215. The van der Waals surface area contributed by atoms with Gasteiger partial charge >= 0.3 is 18.9 Å². The van der Waals surface area contributed by atoms with Gasteiger partial charge < -0.3 is 4.98 Å². The number of H-pyrrole nitrogens is 1. The minimum absolute atomic E-state index is 0. The van der Waals surface area contributed by atoms with E-state index < -0.39 is 0 Å². The Morgan fingerprint density at radius 1 is 1.50 bits per heavy atom. The maximum atomic E-state index is 3.67. The number of rotatable bonds is 0. The van der Waals surface area contributed by atoms with Crippen molar-refractivity contribution in [2.75, 3.05) is 0 Å². The molecule has 0 bridgehead atoms. The zero-order chi connectivity index (χ0) is 3.54. The predicted molar refractivity (Wildman–Crippen MR) is 18.6 cm³/mol. The molecule has 1 aromatic rings. The largest absolute Gasteiger partial charge is 1.00 e. The van der Waals surface area contributed by atoms with E-state index in [1.165, 1.54) is 0 Å². The topological polar surface area (TPSA) is 28.7 Å². The number of nitrogens with one attached hydrogen (secondary N) is 1. The summed E-state index contributed by atoms with van der Waals surface area (Å²) in [6, 6.07) is 0. The molecule has 1 aromatic heterocycles. The van der Waals surface area contributed by atoms with E-state index in [0.717, 1.165) is 0 Å². The average Bonchev–Trinajstić information content (AvgIpc) is 1.76. The van der Waals surface area contributed by atoms with Gasteiger partial charge in [0.15, 0.2) is 0 Å². The van der Waals surface area contributed by atoms with Crippen LogP contribution in [-0.2, 0) is 0 Å². The van der Waals surface area contributed by atoms with Crippen molar-refractivity contribution < 1.29 is 18.9 Å². The van der Waals surface area contributed by atoms with Gasteiger partial charge in [0.25, 0.3) is 0 Å². The molecule has 0 radical (unpaired) electrons. The van der Waals surface area contributed by atoms with Crippen LogP contribution in [0.2, 0.25) is 0 Å². The molecule has 1 heterocycles. The monoisotopic (exact) mass is 75.1 g/mol. The van der Waals surface area contributed by atoms with Crippen LogP contribution >= 0.6 is 0 Å². The van der Waals surface area contributed by atoms with Crippen molar-refractivity contribution in [2.24, 2.45) is 0 Å².